The molecule has 3 rings (SSSR count). The van der Waals surface area contributed by atoms with Gasteiger partial charge >= 0.3 is 5.97 Å². The highest BCUT2D eigenvalue weighted by Gasteiger charge is 2.51. The van der Waals surface area contributed by atoms with Crippen LogP contribution in [0.25, 0.3) is 0 Å². The molecule has 7 nitrogen and oxygen atoms in total. The van der Waals surface area contributed by atoms with Crippen molar-refractivity contribution in [1.82, 2.24) is 10.6 Å². The lowest BCUT2D eigenvalue weighted by atomic mass is 9.74. The largest absolute Gasteiger partial charge is 0.507 e. The number of aryl methyl sites for hydroxylation is 1. The maximum absolute atomic E-state index is 14.5. The highest BCUT2D eigenvalue weighted by molar-refractivity contribution is 5.78. The van der Waals surface area contributed by atoms with E-state index in [0.717, 1.165) is 22.3 Å². The van der Waals surface area contributed by atoms with Crippen molar-refractivity contribution in [3.63, 3.8) is 0 Å². The molecule has 2 atom stereocenters. The van der Waals surface area contributed by atoms with Gasteiger partial charge in [-0.3, -0.25) is 4.79 Å². The Morgan fingerprint density at radius 2 is 1.35 bits per heavy atom. The summed E-state index contributed by atoms with van der Waals surface area (Å²) in [5.41, 5.74) is 1.05. The lowest BCUT2D eigenvalue weighted by molar-refractivity contribution is -0.229. The second-order valence-corrected chi connectivity index (χ2v) is 17.4. The summed E-state index contributed by atoms with van der Waals surface area (Å²) in [4.78, 5) is 14.5. The molecule has 1 aromatic carbocycles. The Hall–Kier alpha value is -1.67. The van der Waals surface area contributed by atoms with Crippen molar-refractivity contribution in [2.24, 2.45) is 5.41 Å². The molecular formula is C36H62N2O5. The van der Waals surface area contributed by atoms with Gasteiger partial charge in [0, 0.05) is 35.0 Å². The van der Waals surface area contributed by atoms with E-state index in [0.29, 0.717) is 32.1 Å². The summed E-state index contributed by atoms with van der Waals surface area (Å²) in [6.45, 7) is 29.2. The van der Waals surface area contributed by atoms with Crippen molar-refractivity contribution in [2.75, 3.05) is 0 Å². The maximum Gasteiger partial charge on any atom is 0.317 e. The van der Waals surface area contributed by atoms with Gasteiger partial charge < -0.3 is 30.3 Å². The number of hydrogen-bond acceptors (Lipinski definition) is 7. The molecule has 0 amide bonds. The number of piperidine rings is 2. The smallest absolute Gasteiger partial charge is 0.317 e. The third-order valence-electron chi connectivity index (χ3n) is 9.61. The fourth-order valence-electron chi connectivity index (χ4n) is 8.09. The molecule has 4 N–H and O–H groups in total. The fourth-order valence-corrected chi connectivity index (χ4v) is 8.09. The zero-order chi connectivity index (χ0) is 33.0. The number of phenolic OH excluding ortho intramolecular Hbond substituents is 1. The summed E-state index contributed by atoms with van der Waals surface area (Å²) in [6, 6.07) is 2.02. The molecule has 0 radical (unpaired) electrons. The number of aliphatic hydroxyl groups excluding tert-OH is 1. The van der Waals surface area contributed by atoms with Crippen LogP contribution in [0.2, 0.25) is 0 Å². The molecule has 0 saturated carbocycles. The van der Waals surface area contributed by atoms with Crippen molar-refractivity contribution >= 4 is 5.97 Å². The van der Waals surface area contributed by atoms with Crippen LogP contribution in [0.5, 0.6) is 5.75 Å². The predicted octanol–water partition coefficient (Wildman–Crippen LogP) is 6.74. The number of carbonyl (C=O) groups is 1. The van der Waals surface area contributed by atoms with Crippen LogP contribution >= 0.6 is 0 Å². The average molecular weight is 603 g/mol. The second-order valence-electron chi connectivity index (χ2n) is 17.4. The number of ether oxygens (including phenoxy) is 2. The Labute approximate surface area is 261 Å². The van der Waals surface area contributed by atoms with E-state index in [1.54, 1.807) is 0 Å². The number of hydrogen-bond donors (Lipinski definition) is 4. The molecule has 2 saturated heterocycles. The first-order valence-corrected chi connectivity index (χ1v) is 16.3. The SMILES string of the molecule is CCC(Cc1c(C)cc(C(C)(C)C)c(O)c1C)(C(=O)OC1CC(C)(C)NC(C)(C)C1)C(O)OC1CC(C)(C)NC(C)(C)C1. The molecule has 2 heterocycles. The summed E-state index contributed by atoms with van der Waals surface area (Å²) >= 11 is 0. The van der Waals surface area contributed by atoms with E-state index in [1.807, 2.05) is 26.8 Å². The summed E-state index contributed by atoms with van der Waals surface area (Å²) in [5.74, 6) is -0.197. The molecule has 43 heavy (non-hydrogen) atoms. The fraction of sp³-hybridized carbons (Fsp3) is 0.806. The van der Waals surface area contributed by atoms with Gasteiger partial charge in [0.2, 0.25) is 0 Å². The van der Waals surface area contributed by atoms with Gasteiger partial charge in [-0.15, -0.1) is 0 Å². The quantitative estimate of drug-likeness (QED) is 0.193. The van der Waals surface area contributed by atoms with E-state index < -0.39 is 17.7 Å². The number of phenols is 1. The Morgan fingerprint density at radius 1 is 0.907 bits per heavy atom. The van der Waals surface area contributed by atoms with Gasteiger partial charge in [0.15, 0.2) is 6.29 Å². The summed E-state index contributed by atoms with van der Waals surface area (Å²) in [5, 5.41) is 30.7. The molecule has 2 aliphatic heterocycles. The monoisotopic (exact) mass is 602 g/mol. The third-order valence-corrected chi connectivity index (χ3v) is 9.61. The number of benzene rings is 1. The number of aromatic hydroxyl groups is 1. The van der Waals surface area contributed by atoms with Crippen LogP contribution in [0.1, 0.15) is 137 Å². The molecule has 2 fully saturated rings. The number of rotatable bonds is 8. The number of esters is 1. The van der Waals surface area contributed by atoms with E-state index in [9.17, 15) is 15.0 Å². The predicted molar refractivity (Wildman–Crippen MR) is 175 cm³/mol. The first-order chi connectivity index (χ1) is 19.3. The van der Waals surface area contributed by atoms with Gasteiger partial charge in [0.05, 0.1) is 6.10 Å². The molecule has 7 heteroatoms. The Kier molecular flexibility index (Phi) is 9.93. The van der Waals surface area contributed by atoms with E-state index in [2.05, 4.69) is 86.8 Å². The van der Waals surface area contributed by atoms with Crippen LogP contribution in [0, 0.1) is 19.3 Å². The lowest BCUT2D eigenvalue weighted by Crippen LogP contribution is -2.61. The van der Waals surface area contributed by atoms with Crippen LogP contribution in [-0.2, 0) is 26.1 Å². The molecule has 1 aromatic rings. The minimum Gasteiger partial charge on any atom is -0.507 e. The summed E-state index contributed by atoms with van der Waals surface area (Å²) in [7, 11) is 0. The highest BCUT2D eigenvalue weighted by atomic mass is 16.6. The molecule has 246 valence electrons. The minimum absolute atomic E-state index is 0.185. The normalized spacial score (nSPS) is 24.3. The van der Waals surface area contributed by atoms with E-state index in [1.165, 1.54) is 0 Å². The Bertz CT molecular complexity index is 1150. The van der Waals surface area contributed by atoms with E-state index in [4.69, 9.17) is 9.47 Å². The standard InChI is InChI=1S/C36H62N2O5/c1-15-36(29(40)42-24-17-32(7,8)37-33(9,10)18-24,30(41)43-25-19-34(11,12)38-35(13,14)20-25)21-26-22(2)16-27(31(4,5)6)28(39)23(26)3/h16,24-25,29,37-40H,15,17-21H2,1-14H3. The molecule has 2 aliphatic rings. The average Bonchev–Trinajstić information content (AvgIpc) is 2.76. The third kappa shape index (κ3) is 8.33. The number of aliphatic hydroxyl groups is 1. The van der Waals surface area contributed by atoms with Crippen LogP contribution in [0.15, 0.2) is 6.07 Å². The Morgan fingerprint density at radius 3 is 1.77 bits per heavy atom. The number of nitrogens with one attached hydrogen (secondary N) is 2. The first-order valence-electron chi connectivity index (χ1n) is 16.3. The van der Waals surface area contributed by atoms with Gasteiger partial charge in [0.25, 0.3) is 0 Å². The van der Waals surface area contributed by atoms with Gasteiger partial charge in [-0.25, -0.2) is 0 Å². The van der Waals surface area contributed by atoms with Gasteiger partial charge in [-0.1, -0.05) is 33.8 Å². The van der Waals surface area contributed by atoms with Crippen molar-refractivity contribution in [3.05, 3.63) is 28.3 Å². The zero-order valence-electron chi connectivity index (χ0n) is 29.7. The zero-order valence-corrected chi connectivity index (χ0v) is 29.7. The van der Waals surface area contributed by atoms with Crippen molar-refractivity contribution < 1.29 is 24.5 Å². The van der Waals surface area contributed by atoms with Gasteiger partial charge in [-0.05, 0) is 123 Å². The van der Waals surface area contributed by atoms with Crippen molar-refractivity contribution in [2.45, 2.75) is 182 Å². The summed E-state index contributed by atoms with van der Waals surface area (Å²) < 4.78 is 12.9. The van der Waals surface area contributed by atoms with Gasteiger partial charge in [-0.2, -0.15) is 0 Å². The van der Waals surface area contributed by atoms with Crippen LogP contribution in [0.4, 0.5) is 0 Å². The van der Waals surface area contributed by atoms with E-state index in [-0.39, 0.29) is 51.9 Å². The van der Waals surface area contributed by atoms with Gasteiger partial charge in [0.1, 0.15) is 17.3 Å². The second kappa shape index (κ2) is 11.9. The molecule has 0 spiro atoms. The van der Waals surface area contributed by atoms with E-state index >= 15 is 0 Å². The topological polar surface area (TPSA) is 100 Å². The lowest BCUT2D eigenvalue weighted by Gasteiger charge is -2.48. The Balaban J connectivity index is 2.06. The maximum atomic E-state index is 14.5. The number of carbonyl (C=O) groups excluding carboxylic acids is 1. The first kappa shape index (κ1) is 35.8. The van der Waals surface area contributed by atoms with Crippen LogP contribution < -0.4 is 10.6 Å². The minimum atomic E-state index is -1.38. The van der Waals surface area contributed by atoms with Crippen LogP contribution in [-0.4, -0.2) is 56.8 Å². The van der Waals surface area contributed by atoms with Crippen molar-refractivity contribution in [3.8, 4) is 5.75 Å². The molecule has 0 aliphatic carbocycles. The summed E-state index contributed by atoms with van der Waals surface area (Å²) in [6.07, 6.45) is 1.37. The molecule has 0 bridgehead atoms. The molecular weight excluding hydrogens is 540 g/mol. The molecule has 0 aromatic heterocycles. The van der Waals surface area contributed by atoms with Crippen LogP contribution in [0.3, 0.4) is 0 Å². The van der Waals surface area contributed by atoms with Crippen molar-refractivity contribution in [1.29, 1.82) is 0 Å². The highest BCUT2D eigenvalue weighted by Crippen LogP contribution is 2.43. The molecule has 2 unspecified atom stereocenters.